The highest BCUT2D eigenvalue weighted by Crippen LogP contribution is 2.47. The lowest BCUT2D eigenvalue weighted by Crippen LogP contribution is -2.46. The van der Waals surface area contributed by atoms with Crippen LogP contribution in [0.3, 0.4) is 0 Å². The molecule has 188 valence electrons. The summed E-state index contributed by atoms with van der Waals surface area (Å²) in [5.41, 5.74) is 4.19. The zero-order valence-corrected chi connectivity index (χ0v) is 20.9. The van der Waals surface area contributed by atoms with Crippen LogP contribution < -0.4 is 9.80 Å². The molecule has 0 spiro atoms. The second-order valence-corrected chi connectivity index (χ2v) is 10.1. The Kier molecular flexibility index (Phi) is 6.74. The number of piperidine rings is 1. The third kappa shape index (κ3) is 4.84. The lowest BCUT2D eigenvalue weighted by atomic mass is 9.86. The van der Waals surface area contributed by atoms with Crippen LogP contribution >= 0.6 is 0 Å². The predicted octanol–water partition coefficient (Wildman–Crippen LogP) is 5.99. The second kappa shape index (κ2) is 9.96. The van der Waals surface area contributed by atoms with Gasteiger partial charge in [0.25, 0.3) is 5.92 Å². The molecule has 2 aromatic rings. The van der Waals surface area contributed by atoms with Crippen molar-refractivity contribution in [1.82, 2.24) is 15.0 Å². The van der Waals surface area contributed by atoms with Gasteiger partial charge in [-0.15, -0.1) is 0 Å². The Bertz CT molecular complexity index is 1190. The molecular weight excluding hydrogens is 458 g/mol. The third-order valence-corrected chi connectivity index (χ3v) is 7.67. The number of nitrogens with zero attached hydrogens (tertiary/aromatic N) is 6. The van der Waals surface area contributed by atoms with Crippen LogP contribution in [0.25, 0.3) is 0 Å². The van der Waals surface area contributed by atoms with E-state index in [0.29, 0.717) is 23.9 Å². The first-order chi connectivity index (χ1) is 17.4. The fraction of sp³-hybridized carbons (Fsp3) is 0.500. The molecule has 1 unspecified atom stereocenters. The summed E-state index contributed by atoms with van der Waals surface area (Å²) in [4.78, 5) is 17.8. The summed E-state index contributed by atoms with van der Waals surface area (Å²) in [6.45, 7) is 5.16. The highest BCUT2D eigenvalue weighted by Gasteiger charge is 2.38. The van der Waals surface area contributed by atoms with E-state index in [4.69, 9.17) is 5.26 Å². The van der Waals surface area contributed by atoms with Crippen molar-refractivity contribution >= 4 is 11.6 Å². The summed E-state index contributed by atoms with van der Waals surface area (Å²) < 4.78 is 29.0. The number of alkyl halides is 2. The van der Waals surface area contributed by atoms with Crippen LogP contribution in [0.4, 0.5) is 20.4 Å². The van der Waals surface area contributed by atoms with Gasteiger partial charge in [0.05, 0.1) is 29.8 Å². The molecule has 3 aliphatic rings. The van der Waals surface area contributed by atoms with Crippen molar-refractivity contribution in [2.24, 2.45) is 5.92 Å². The third-order valence-electron chi connectivity index (χ3n) is 7.67. The maximum absolute atomic E-state index is 14.5. The Morgan fingerprint density at radius 2 is 1.83 bits per heavy atom. The zero-order valence-electron chi connectivity index (χ0n) is 20.9. The molecule has 3 heterocycles. The summed E-state index contributed by atoms with van der Waals surface area (Å²) in [5.74, 6) is -1.60. The Balaban J connectivity index is 1.45. The highest BCUT2D eigenvalue weighted by molar-refractivity contribution is 5.61. The van der Waals surface area contributed by atoms with Crippen LogP contribution in [0.5, 0.6) is 0 Å². The number of allylic oxidation sites excluding steroid dienone is 4. The Labute approximate surface area is 211 Å². The second-order valence-electron chi connectivity index (χ2n) is 10.1. The summed E-state index contributed by atoms with van der Waals surface area (Å²) in [7, 11) is 0. The Hall–Kier alpha value is -3.34. The van der Waals surface area contributed by atoms with E-state index in [9.17, 15) is 8.78 Å². The highest BCUT2D eigenvalue weighted by atomic mass is 19.3. The molecule has 0 N–H and O–H groups in total. The van der Waals surface area contributed by atoms with Gasteiger partial charge in [-0.2, -0.15) is 5.26 Å². The van der Waals surface area contributed by atoms with Crippen LogP contribution in [-0.4, -0.2) is 40.0 Å². The van der Waals surface area contributed by atoms with Gasteiger partial charge in [-0.25, -0.2) is 18.7 Å². The van der Waals surface area contributed by atoms with Crippen molar-refractivity contribution in [3.05, 3.63) is 65.4 Å². The molecule has 0 bridgehead atoms. The zero-order chi connectivity index (χ0) is 25.3. The lowest BCUT2D eigenvalue weighted by molar-refractivity contribution is 0.0321. The number of aromatic nitrogens is 3. The summed E-state index contributed by atoms with van der Waals surface area (Å²) >= 11 is 0. The molecule has 5 rings (SSSR count). The topological polar surface area (TPSA) is 68.9 Å². The van der Waals surface area contributed by atoms with E-state index in [0.717, 1.165) is 37.3 Å². The molecule has 1 saturated heterocycles. The van der Waals surface area contributed by atoms with E-state index in [1.807, 2.05) is 18.5 Å². The van der Waals surface area contributed by atoms with Crippen molar-refractivity contribution in [3.8, 4) is 6.07 Å². The first-order valence-electron chi connectivity index (χ1n) is 12.9. The maximum Gasteiger partial charge on any atom is 0.269 e. The molecule has 2 aromatic heterocycles. The molecule has 36 heavy (non-hydrogen) atoms. The van der Waals surface area contributed by atoms with Crippen LogP contribution in [-0.2, 0) is 0 Å². The maximum atomic E-state index is 14.5. The monoisotopic (exact) mass is 490 g/mol. The minimum Gasteiger partial charge on any atom is -0.341 e. The van der Waals surface area contributed by atoms with E-state index in [1.54, 1.807) is 25.4 Å². The van der Waals surface area contributed by atoms with Crippen molar-refractivity contribution < 1.29 is 8.78 Å². The van der Waals surface area contributed by atoms with Gasteiger partial charge in [0.15, 0.2) is 0 Å². The molecular formula is C28H32F2N6. The summed E-state index contributed by atoms with van der Waals surface area (Å²) in [5, 5.41) is 9.02. The Morgan fingerprint density at radius 1 is 1.11 bits per heavy atom. The molecule has 0 radical (unpaired) electrons. The minimum absolute atomic E-state index is 0.0189. The van der Waals surface area contributed by atoms with Gasteiger partial charge < -0.3 is 9.80 Å². The van der Waals surface area contributed by atoms with Crippen LogP contribution in [0.1, 0.15) is 69.4 Å². The largest absolute Gasteiger partial charge is 0.341 e. The average molecular weight is 491 g/mol. The predicted molar refractivity (Wildman–Crippen MR) is 136 cm³/mol. The van der Waals surface area contributed by atoms with E-state index >= 15 is 0 Å². The molecule has 6 nitrogen and oxygen atoms in total. The smallest absolute Gasteiger partial charge is 0.269 e. The normalized spacial score (nSPS) is 21.0. The van der Waals surface area contributed by atoms with Crippen LogP contribution in [0, 0.1) is 17.2 Å². The van der Waals surface area contributed by atoms with Gasteiger partial charge in [-0.1, -0.05) is 19.9 Å². The van der Waals surface area contributed by atoms with E-state index in [1.165, 1.54) is 18.4 Å². The van der Waals surface area contributed by atoms with Crippen molar-refractivity contribution in [3.63, 3.8) is 0 Å². The fourth-order valence-electron chi connectivity index (χ4n) is 5.42. The van der Waals surface area contributed by atoms with Gasteiger partial charge in [-0.3, -0.25) is 4.98 Å². The fourth-order valence-corrected chi connectivity index (χ4v) is 5.42. The first-order valence-corrected chi connectivity index (χ1v) is 12.9. The van der Waals surface area contributed by atoms with E-state index < -0.39 is 5.92 Å². The SMILES string of the molecule is CCC(F)(F)C1=CC=C(N(c2cnccc2C2CC2)C2CCN(c3ncc(C#N)cn3)CC2)C(C)C1. The van der Waals surface area contributed by atoms with Crippen LogP contribution in [0.15, 0.2) is 54.3 Å². The number of rotatable bonds is 7. The van der Waals surface area contributed by atoms with E-state index in [-0.39, 0.29) is 24.0 Å². The molecule has 8 heteroatoms. The molecule has 0 amide bonds. The molecule has 0 aromatic carbocycles. The van der Waals surface area contributed by atoms with Gasteiger partial charge >= 0.3 is 0 Å². The number of pyridine rings is 1. The summed E-state index contributed by atoms with van der Waals surface area (Å²) in [6.07, 6.45) is 14.8. The number of nitriles is 1. The van der Waals surface area contributed by atoms with Gasteiger partial charge in [0, 0.05) is 43.4 Å². The Morgan fingerprint density at radius 3 is 2.44 bits per heavy atom. The number of halogens is 2. The molecule has 1 atom stereocenters. The average Bonchev–Trinajstić information content (AvgIpc) is 3.76. The van der Waals surface area contributed by atoms with E-state index in [2.05, 4.69) is 43.8 Å². The van der Waals surface area contributed by atoms with Crippen molar-refractivity contribution in [2.75, 3.05) is 22.9 Å². The van der Waals surface area contributed by atoms with Crippen molar-refractivity contribution in [2.45, 2.75) is 70.3 Å². The van der Waals surface area contributed by atoms with Gasteiger partial charge in [0.1, 0.15) is 6.07 Å². The summed E-state index contributed by atoms with van der Waals surface area (Å²) in [6, 6.07) is 4.40. The van der Waals surface area contributed by atoms with Gasteiger partial charge in [0.2, 0.25) is 5.95 Å². The minimum atomic E-state index is -2.76. The number of hydrogen-bond donors (Lipinski definition) is 0. The molecule has 2 fully saturated rings. The van der Waals surface area contributed by atoms with Gasteiger partial charge in [-0.05, 0) is 61.3 Å². The lowest BCUT2D eigenvalue weighted by Gasteiger charge is -2.44. The van der Waals surface area contributed by atoms with Crippen LogP contribution in [0.2, 0.25) is 0 Å². The number of anilines is 2. The molecule has 1 aliphatic heterocycles. The van der Waals surface area contributed by atoms with Crippen molar-refractivity contribution in [1.29, 1.82) is 5.26 Å². The first kappa shape index (κ1) is 24.4. The standard InChI is InChI=1S/C28H32F2N6/c1-3-28(29,30)22-6-7-25(19(2)14-22)36(26-18-32-11-8-24(26)21-4-5-21)23-9-12-35(13-10-23)27-33-16-20(15-31)17-34-27/h6-8,11,16-19,21,23H,3-5,9-10,12-14H2,1-2H3. The number of hydrogen-bond acceptors (Lipinski definition) is 6. The molecule has 2 aliphatic carbocycles. The quantitative estimate of drug-likeness (QED) is 0.475. The molecule has 1 saturated carbocycles.